The van der Waals surface area contributed by atoms with Crippen molar-refractivity contribution in [1.82, 2.24) is 9.78 Å². The van der Waals surface area contributed by atoms with Crippen molar-refractivity contribution in [2.24, 2.45) is 0 Å². The monoisotopic (exact) mass is 364 g/mol. The molecule has 0 aliphatic carbocycles. The average molecular weight is 364 g/mol. The van der Waals surface area contributed by atoms with Gasteiger partial charge in [0.2, 0.25) is 5.88 Å². The second kappa shape index (κ2) is 6.99. The smallest absolute Gasteiger partial charge is 0.422 e. The van der Waals surface area contributed by atoms with Gasteiger partial charge in [0.1, 0.15) is 11.5 Å². The van der Waals surface area contributed by atoms with Gasteiger partial charge in [0.25, 0.3) is 0 Å². The molecule has 0 aliphatic rings. The fourth-order valence-corrected chi connectivity index (χ4v) is 2.34. The number of nitrogens with zero attached hydrogens (tertiary/aromatic N) is 2. The molecule has 0 aliphatic heterocycles. The van der Waals surface area contributed by atoms with Crippen molar-refractivity contribution in [2.75, 3.05) is 13.7 Å². The minimum Gasteiger partial charge on any atom is -0.508 e. The van der Waals surface area contributed by atoms with Gasteiger partial charge in [0.15, 0.2) is 6.61 Å². The number of hydrogen-bond donors (Lipinski definition) is 1. The molecule has 0 spiro atoms. The molecule has 5 nitrogen and oxygen atoms in total. The Morgan fingerprint density at radius 1 is 1.04 bits per heavy atom. The van der Waals surface area contributed by atoms with E-state index in [1.807, 2.05) is 0 Å². The van der Waals surface area contributed by atoms with Crippen LogP contribution in [-0.2, 0) is 0 Å². The average Bonchev–Trinajstić information content (AvgIpc) is 3.04. The van der Waals surface area contributed by atoms with E-state index in [4.69, 9.17) is 9.47 Å². The molecule has 0 fully saturated rings. The maximum absolute atomic E-state index is 12.4. The van der Waals surface area contributed by atoms with E-state index >= 15 is 0 Å². The molecule has 1 N–H and O–H groups in total. The number of aromatic nitrogens is 2. The number of ether oxygens (including phenoxy) is 2. The van der Waals surface area contributed by atoms with Crippen LogP contribution in [0.4, 0.5) is 13.2 Å². The highest BCUT2D eigenvalue weighted by Crippen LogP contribution is 2.29. The van der Waals surface area contributed by atoms with Gasteiger partial charge < -0.3 is 14.6 Å². The van der Waals surface area contributed by atoms with E-state index in [1.165, 1.54) is 30.0 Å². The predicted octanol–water partition coefficient (Wildman–Crippen LogP) is 4.19. The van der Waals surface area contributed by atoms with Crippen LogP contribution in [0.2, 0.25) is 0 Å². The minimum atomic E-state index is -4.46. The highest BCUT2D eigenvalue weighted by molar-refractivity contribution is 5.64. The summed E-state index contributed by atoms with van der Waals surface area (Å²) in [4.78, 5) is 0. The third-order valence-electron chi connectivity index (χ3n) is 3.55. The van der Waals surface area contributed by atoms with Gasteiger partial charge in [-0.3, -0.25) is 0 Å². The zero-order chi connectivity index (χ0) is 18.7. The number of aromatic hydroxyl groups is 1. The third kappa shape index (κ3) is 4.08. The first-order valence-corrected chi connectivity index (χ1v) is 7.59. The van der Waals surface area contributed by atoms with Crippen LogP contribution in [0.5, 0.6) is 17.4 Å². The van der Waals surface area contributed by atoms with Gasteiger partial charge in [-0.25, -0.2) is 4.68 Å². The zero-order valence-electron chi connectivity index (χ0n) is 13.7. The number of methoxy groups -OCH3 is 1. The lowest BCUT2D eigenvalue weighted by atomic mass is 10.1. The first kappa shape index (κ1) is 17.7. The quantitative estimate of drug-likeness (QED) is 0.737. The Morgan fingerprint density at radius 2 is 1.69 bits per heavy atom. The van der Waals surface area contributed by atoms with Crippen molar-refractivity contribution in [3.05, 3.63) is 54.6 Å². The summed E-state index contributed by atoms with van der Waals surface area (Å²) in [5.41, 5.74) is 1.80. The fraction of sp³-hybridized carbons (Fsp3) is 0.167. The van der Waals surface area contributed by atoms with E-state index in [0.717, 1.165) is 0 Å². The molecule has 1 heterocycles. The van der Waals surface area contributed by atoms with Gasteiger partial charge in [-0.2, -0.15) is 13.2 Å². The molecule has 8 heteroatoms. The van der Waals surface area contributed by atoms with Crippen LogP contribution in [0.25, 0.3) is 16.9 Å². The molecule has 1 aromatic heterocycles. The van der Waals surface area contributed by atoms with Crippen molar-refractivity contribution < 1.29 is 27.8 Å². The highest BCUT2D eigenvalue weighted by atomic mass is 19.4. The summed E-state index contributed by atoms with van der Waals surface area (Å²) in [7, 11) is 1.54. The SMILES string of the molecule is COc1ccc(-n2nc(OCC(F)(F)F)cc2-c2ccc(O)cc2)cc1. The van der Waals surface area contributed by atoms with E-state index in [2.05, 4.69) is 5.10 Å². The Bertz CT molecular complexity index is 872. The predicted molar refractivity (Wildman–Crippen MR) is 88.8 cm³/mol. The number of phenols is 1. The Labute approximate surface area is 147 Å². The van der Waals surface area contributed by atoms with Crippen molar-refractivity contribution in [1.29, 1.82) is 0 Å². The standard InChI is InChI=1S/C18H15F3N2O3/c1-25-15-8-4-13(5-9-15)23-16(12-2-6-14(24)7-3-12)10-17(22-23)26-11-18(19,20)21/h2-10,24H,11H2,1H3. The number of alkyl halides is 3. The molecule has 136 valence electrons. The molecule has 0 saturated carbocycles. The summed E-state index contributed by atoms with van der Waals surface area (Å²) >= 11 is 0. The van der Waals surface area contributed by atoms with E-state index in [0.29, 0.717) is 22.7 Å². The Kier molecular flexibility index (Phi) is 4.75. The minimum absolute atomic E-state index is 0.0813. The van der Waals surface area contributed by atoms with Gasteiger partial charge in [0, 0.05) is 11.6 Å². The van der Waals surface area contributed by atoms with Crippen LogP contribution in [0, 0.1) is 0 Å². The van der Waals surface area contributed by atoms with E-state index in [1.54, 1.807) is 36.4 Å². The molecule has 3 rings (SSSR count). The number of benzene rings is 2. The molecule has 0 radical (unpaired) electrons. The molecule has 0 amide bonds. The number of halogens is 3. The van der Waals surface area contributed by atoms with Crippen molar-refractivity contribution >= 4 is 0 Å². The van der Waals surface area contributed by atoms with E-state index in [9.17, 15) is 18.3 Å². The molecule has 2 aromatic carbocycles. The summed E-state index contributed by atoms with van der Waals surface area (Å²) in [5.74, 6) is 0.569. The van der Waals surface area contributed by atoms with Crippen LogP contribution >= 0.6 is 0 Å². The lowest BCUT2D eigenvalue weighted by Gasteiger charge is -2.08. The topological polar surface area (TPSA) is 56.5 Å². The fourth-order valence-electron chi connectivity index (χ4n) is 2.34. The Morgan fingerprint density at radius 3 is 2.27 bits per heavy atom. The first-order chi connectivity index (χ1) is 12.4. The number of rotatable bonds is 5. The van der Waals surface area contributed by atoms with Gasteiger partial charge in [0.05, 0.1) is 18.5 Å². The van der Waals surface area contributed by atoms with Gasteiger partial charge in [-0.15, -0.1) is 5.10 Å². The Hall–Kier alpha value is -3.16. The molecular weight excluding hydrogens is 349 g/mol. The second-order valence-corrected chi connectivity index (χ2v) is 5.43. The summed E-state index contributed by atoms with van der Waals surface area (Å²) < 4.78 is 48.6. The first-order valence-electron chi connectivity index (χ1n) is 7.59. The number of phenolic OH excluding ortho intramolecular Hbond substituents is 1. The largest absolute Gasteiger partial charge is 0.508 e. The molecule has 0 bridgehead atoms. The maximum atomic E-state index is 12.4. The van der Waals surface area contributed by atoms with E-state index < -0.39 is 12.8 Å². The van der Waals surface area contributed by atoms with Gasteiger partial charge in [-0.05, 0) is 48.5 Å². The highest BCUT2D eigenvalue weighted by Gasteiger charge is 2.29. The van der Waals surface area contributed by atoms with Gasteiger partial charge >= 0.3 is 6.18 Å². The lowest BCUT2D eigenvalue weighted by Crippen LogP contribution is -2.19. The molecule has 26 heavy (non-hydrogen) atoms. The van der Waals surface area contributed by atoms with Crippen molar-refractivity contribution in [3.8, 4) is 34.3 Å². The number of hydrogen-bond acceptors (Lipinski definition) is 4. The van der Waals surface area contributed by atoms with E-state index in [-0.39, 0.29) is 11.6 Å². The molecular formula is C18H15F3N2O3. The third-order valence-corrected chi connectivity index (χ3v) is 3.55. The normalized spacial score (nSPS) is 11.4. The van der Waals surface area contributed by atoms with Crippen LogP contribution in [0.3, 0.4) is 0 Å². The summed E-state index contributed by atoms with van der Waals surface area (Å²) in [6, 6.07) is 14.5. The second-order valence-electron chi connectivity index (χ2n) is 5.43. The van der Waals surface area contributed by atoms with Crippen LogP contribution in [0.15, 0.2) is 54.6 Å². The van der Waals surface area contributed by atoms with Crippen LogP contribution < -0.4 is 9.47 Å². The molecule has 0 unspecified atom stereocenters. The Balaban J connectivity index is 2.01. The van der Waals surface area contributed by atoms with Gasteiger partial charge in [-0.1, -0.05) is 0 Å². The summed E-state index contributed by atoms with van der Waals surface area (Å²) in [6.45, 7) is -1.43. The molecule has 0 atom stereocenters. The lowest BCUT2D eigenvalue weighted by molar-refractivity contribution is -0.154. The van der Waals surface area contributed by atoms with Crippen molar-refractivity contribution in [3.63, 3.8) is 0 Å². The van der Waals surface area contributed by atoms with Crippen molar-refractivity contribution in [2.45, 2.75) is 6.18 Å². The van der Waals surface area contributed by atoms with Crippen LogP contribution in [0.1, 0.15) is 0 Å². The zero-order valence-corrected chi connectivity index (χ0v) is 13.7. The van der Waals surface area contributed by atoms with Crippen LogP contribution in [-0.4, -0.2) is 34.8 Å². The molecule has 0 saturated heterocycles. The summed E-state index contributed by atoms with van der Waals surface area (Å²) in [6.07, 6.45) is -4.46. The maximum Gasteiger partial charge on any atom is 0.422 e. The molecule has 3 aromatic rings. The summed E-state index contributed by atoms with van der Waals surface area (Å²) in [5, 5.41) is 13.6.